The van der Waals surface area contributed by atoms with Gasteiger partial charge >= 0.3 is 5.92 Å². The lowest BCUT2D eigenvalue weighted by atomic mass is 10.0. The van der Waals surface area contributed by atoms with Crippen LogP contribution in [0.3, 0.4) is 0 Å². The van der Waals surface area contributed by atoms with Gasteiger partial charge in [0, 0.05) is 43.7 Å². The zero-order valence-electron chi connectivity index (χ0n) is 20.1. The SMILES string of the molecule is C=CC(=O)Nc1cccc(C(F)(F)c2nc(Nc3ccc4c(c3)CN(CCOC)C4)ncc2OC)c1. The largest absolute Gasteiger partial charge is 0.493 e. The lowest BCUT2D eigenvalue weighted by Crippen LogP contribution is -2.21. The van der Waals surface area contributed by atoms with Crippen molar-refractivity contribution in [3.8, 4) is 5.75 Å². The molecule has 0 aliphatic carbocycles. The fourth-order valence-corrected chi connectivity index (χ4v) is 3.98. The van der Waals surface area contributed by atoms with Gasteiger partial charge < -0.3 is 20.1 Å². The van der Waals surface area contributed by atoms with E-state index in [1.54, 1.807) is 7.11 Å². The Kier molecular flexibility index (Phi) is 7.56. The quantitative estimate of drug-likeness (QED) is 0.402. The summed E-state index contributed by atoms with van der Waals surface area (Å²) in [4.78, 5) is 22.1. The maximum atomic E-state index is 15.6. The van der Waals surface area contributed by atoms with Crippen molar-refractivity contribution in [2.75, 3.05) is 38.0 Å². The highest BCUT2D eigenvalue weighted by Gasteiger charge is 2.39. The maximum absolute atomic E-state index is 15.6. The van der Waals surface area contributed by atoms with Crippen molar-refractivity contribution < 1.29 is 23.0 Å². The molecule has 0 fully saturated rings. The second kappa shape index (κ2) is 10.8. The molecule has 1 amide bonds. The topological polar surface area (TPSA) is 88.6 Å². The molecule has 10 heteroatoms. The van der Waals surface area contributed by atoms with Gasteiger partial charge in [0.05, 0.1) is 19.9 Å². The number of carbonyl (C=O) groups excluding carboxylic acids is 1. The second-order valence-corrected chi connectivity index (χ2v) is 8.27. The second-order valence-electron chi connectivity index (χ2n) is 8.27. The third kappa shape index (κ3) is 5.50. The summed E-state index contributed by atoms with van der Waals surface area (Å²) in [5.41, 5.74) is 2.30. The van der Waals surface area contributed by atoms with Crippen LogP contribution in [0.4, 0.5) is 26.1 Å². The van der Waals surface area contributed by atoms with E-state index < -0.39 is 17.5 Å². The normalized spacial score (nSPS) is 13.2. The molecule has 2 aromatic carbocycles. The first kappa shape index (κ1) is 25.2. The molecule has 8 nitrogen and oxygen atoms in total. The number of halogens is 2. The Bertz CT molecular complexity index is 1270. The number of nitrogens with zero attached hydrogens (tertiary/aromatic N) is 3. The third-order valence-electron chi connectivity index (χ3n) is 5.81. The Morgan fingerprint density at radius 3 is 2.72 bits per heavy atom. The highest BCUT2D eigenvalue weighted by Crippen LogP contribution is 2.40. The number of alkyl halides is 2. The molecule has 2 N–H and O–H groups in total. The van der Waals surface area contributed by atoms with E-state index in [-0.39, 0.29) is 22.9 Å². The fraction of sp³-hybridized carbons (Fsp3) is 0.269. The van der Waals surface area contributed by atoms with Gasteiger partial charge in [-0.2, -0.15) is 8.78 Å². The number of benzene rings is 2. The van der Waals surface area contributed by atoms with E-state index in [0.29, 0.717) is 12.3 Å². The van der Waals surface area contributed by atoms with Crippen LogP contribution in [0.1, 0.15) is 22.4 Å². The Balaban J connectivity index is 1.59. The van der Waals surface area contributed by atoms with Gasteiger partial charge in [-0.1, -0.05) is 24.8 Å². The summed E-state index contributed by atoms with van der Waals surface area (Å²) in [5, 5.41) is 5.52. The van der Waals surface area contributed by atoms with E-state index in [1.165, 1.54) is 43.1 Å². The smallest absolute Gasteiger partial charge is 0.318 e. The zero-order valence-corrected chi connectivity index (χ0v) is 20.1. The van der Waals surface area contributed by atoms with Crippen LogP contribution in [-0.2, 0) is 28.5 Å². The predicted molar refractivity (Wildman–Crippen MR) is 133 cm³/mol. The summed E-state index contributed by atoms with van der Waals surface area (Å²) >= 11 is 0. The maximum Gasteiger partial charge on any atom is 0.318 e. The number of nitrogens with one attached hydrogen (secondary N) is 2. The number of fused-ring (bicyclic) bond motifs is 1. The standard InChI is InChI=1S/C26H27F2N5O3/c1-4-23(34)30-20-7-5-6-19(13-20)26(27,28)24-22(36-3)14-29-25(32-24)31-21-9-8-17-15-33(10-11-35-2)16-18(17)12-21/h4-9,12-14H,1,10-11,15-16H2,2-3H3,(H,30,34)(H,29,31,32). The Labute approximate surface area is 208 Å². The predicted octanol–water partition coefficient (Wildman–Crippen LogP) is 4.46. The average Bonchev–Trinajstić information content (AvgIpc) is 3.29. The van der Waals surface area contributed by atoms with E-state index >= 15 is 8.78 Å². The van der Waals surface area contributed by atoms with Gasteiger partial charge in [-0.25, -0.2) is 9.97 Å². The molecule has 188 valence electrons. The highest BCUT2D eigenvalue weighted by atomic mass is 19.3. The number of hydrogen-bond acceptors (Lipinski definition) is 7. The molecule has 0 spiro atoms. The minimum Gasteiger partial charge on any atom is -0.493 e. The van der Waals surface area contributed by atoms with Crippen molar-refractivity contribution in [1.29, 1.82) is 0 Å². The van der Waals surface area contributed by atoms with Crippen LogP contribution in [0.15, 0.2) is 61.3 Å². The van der Waals surface area contributed by atoms with Crippen LogP contribution in [0.5, 0.6) is 5.75 Å². The summed E-state index contributed by atoms with van der Waals surface area (Å²) in [6.45, 7) is 6.46. The van der Waals surface area contributed by atoms with Crippen molar-refractivity contribution >= 4 is 23.2 Å². The molecule has 0 atom stereocenters. The zero-order chi connectivity index (χ0) is 25.7. The van der Waals surface area contributed by atoms with Crippen LogP contribution >= 0.6 is 0 Å². The highest BCUT2D eigenvalue weighted by molar-refractivity contribution is 5.98. The van der Waals surface area contributed by atoms with Crippen LogP contribution < -0.4 is 15.4 Å². The molecule has 1 aliphatic heterocycles. The van der Waals surface area contributed by atoms with Gasteiger partial charge in [-0.15, -0.1) is 0 Å². The lowest BCUT2D eigenvalue weighted by molar-refractivity contribution is -0.111. The molecule has 3 aromatic rings. The summed E-state index contributed by atoms with van der Waals surface area (Å²) < 4.78 is 41.6. The van der Waals surface area contributed by atoms with Gasteiger partial charge in [-0.3, -0.25) is 9.69 Å². The lowest BCUT2D eigenvalue weighted by Gasteiger charge is -2.20. The van der Waals surface area contributed by atoms with Gasteiger partial charge in [-0.05, 0) is 41.5 Å². The van der Waals surface area contributed by atoms with E-state index in [0.717, 1.165) is 31.3 Å². The number of aromatic nitrogens is 2. The molecule has 0 bridgehead atoms. The Hall–Kier alpha value is -3.89. The van der Waals surface area contributed by atoms with E-state index in [4.69, 9.17) is 9.47 Å². The van der Waals surface area contributed by atoms with Gasteiger partial charge in [0.15, 0.2) is 11.4 Å². The first-order valence-electron chi connectivity index (χ1n) is 11.3. The van der Waals surface area contributed by atoms with Gasteiger partial charge in [0.2, 0.25) is 11.9 Å². The third-order valence-corrected chi connectivity index (χ3v) is 5.81. The molecule has 36 heavy (non-hydrogen) atoms. The number of carbonyl (C=O) groups is 1. The summed E-state index contributed by atoms with van der Waals surface area (Å²) in [7, 11) is 2.96. The van der Waals surface area contributed by atoms with E-state index in [9.17, 15) is 4.79 Å². The Morgan fingerprint density at radius 1 is 1.17 bits per heavy atom. The monoisotopic (exact) mass is 495 g/mol. The fourth-order valence-electron chi connectivity index (χ4n) is 3.98. The molecular formula is C26H27F2N5O3. The van der Waals surface area contributed by atoms with Crippen molar-refractivity contribution in [1.82, 2.24) is 14.9 Å². The van der Waals surface area contributed by atoms with Gasteiger partial charge in [0.25, 0.3) is 0 Å². The number of amides is 1. The van der Waals surface area contributed by atoms with E-state index in [2.05, 4.69) is 32.1 Å². The molecule has 2 heterocycles. The Morgan fingerprint density at radius 2 is 1.97 bits per heavy atom. The van der Waals surface area contributed by atoms with E-state index in [1.807, 2.05) is 18.2 Å². The van der Waals surface area contributed by atoms with Crippen molar-refractivity contribution in [2.45, 2.75) is 19.0 Å². The molecule has 0 radical (unpaired) electrons. The van der Waals surface area contributed by atoms with Crippen molar-refractivity contribution in [3.63, 3.8) is 0 Å². The molecule has 1 aromatic heterocycles. The first-order chi connectivity index (χ1) is 17.3. The first-order valence-corrected chi connectivity index (χ1v) is 11.3. The molecular weight excluding hydrogens is 468 g/mol. The van der Waals surface area contributed by atoms with Gasteiger partial charge in [0.1, 0.15) is 0 Å². The number of ether oxygens (including phenoxy) is 2. The molecule has 0 saturated carbocycles. The number of hydrogen-bond donors (Lipinski definition) is 2. The molecule has 0 saturated heterocycles. The van der Waals surface area contributed by atoms with Crippen LogP contribution in [0.25, 0.3) is 0 Å². The minimum atomic E-state index is -3.53. The minimum absolute atomic E-state index is 0.00998. The molecule has 4 rings (SSSR count). The van der Waals surface area contributed by atoms with Crippen molar-refractivity contribution in [2.24, 2.45) is 0 Å². The van der Waals surface area contributed by atoms with Crippen LogP contribution in [0.2, 0.25) is 0 Å². The van der Waals surface area contributed by atoms with Crippen LogP contribution in [0, 0.1) is 0 Å². The molecule has 0 unspecified atom stereocenters. The molecule has 1 aliphatic rings. The summed E-state index contributed by atoms with van der Waals surface area (Å²) in [6.07, 6.45) is 2.27. The number of anilines is 3. The number of rotatable bonds is 10. The van der Waals surface area contributed by atoms with Crippen LogP contribution in [-0.4, -0.2) is 48.1 Å². The summed E-state index contributed by atoms with van der Waals surface area (Å²) in [5.74, 6) is -4.18. The summed E-state index contributed by atoms with van der Waals surface area (Å²) in [6, 6.07) is 11.2. The number of methoxy groups -OCH3 is 2. The van der Waals surface area contributed by atoms with Crippen molar-refractivity contribution in [3.05, 3.63) is 83.7 Å². The average molecular weight is 496 g/mol.